The van der Waals surface area contributed by atoms with Crippen molar-refractivity contribution in [1.29, 1.82) is 0 Å². The van der Waals surface area contributed by atoms with Crippen LogP contribution in [0.1, 0.15) is 74.1 Å². The summed E-state index contributed by atoms with van der Waals surface area (Å²) in [6, 6.07) is 25.9. The summed E-state index contributed by atoms with van der Waals surface area (Å²) in [6.45, 7) is 10.9. The van der Waals surface area contributed by atoms with E-state index >= 15 is 0 Å². The number of thiocarbonyl (C=S) groups is 1. The molecule has 0 amide bonds. The molecule has 3 nitrogen and oxygen atoms in total. The van der Waals surface area contributed by atoms with E-state index in [9.17, 15) is 4.79 Å². The quantitative estimate of drug-likeness (QED) is 0.288. The van der Waals surface area contributed by atoms with Gasteiger partial charge in [0.2, 0.25) is 0 Å². The second kappa shape index (κ2) is 10.8. The SMILES string of the molecule is CC(C)C[C@H](NC(=S)Nc1cccc(C(=O)c2ccc(C(C)(C)C)cc2)c1)c1ccccc1. The van der Waals surface area contributed by atoms with E-state index in [4.69, 9.17) is 12.2 Å². The molecule has 0 heterocycles. The van der Waals surface area contributed by atoms with E-state index in [1.165, 1.54) is 11.1 Å². The van der Waals surface area contributed by atoms with Crippen LogP contribution >= 0.6 is 12.2 Å². The van der Waals surface area contributed by atoms with Gasteiger partial charge >= 0.3 is 0 Å². The van der Waals surface area contributed by atoms with Gasteiger partial charge in [-0.3, -0.25) is 4.79 Å². The first-order valence-electron chi connectivity index (χ1n) is 11.5. The highest BCUT2D eigenvalue weighted by molar-refractivity contribution is 7.80. The first kappa shape index (κ1) is 24.7. The molecule has 3 aromatic rings. The molecule has 2 N–H and O–H groups in total. The van der Waals surface area contributed by atoms with Crippen molar-refractivity contribution in [3.05, 3.63) is 101 Å². The molecule has 3 rings (SSSR count). The van der Waals surface area contributed by atoms with Crippen molar-refractivity contribution in [2.45, 2.75) is 52.5 Å². The second-order valence-corrected chi connectivity index (χ2v) is 10.3. The highest BCUT2D eigenvalue weighted by atomic mass is 32.1. The van der Waals surface area contributed by atoms with Crippen LogP contribution in [-0.4, -0.2) is 10.9 Å². The number of rotatable bonds is 7. The van der Waals surface area contributed by atoms with Crippen LogP contribution in [-0.2, 0) is 5.41 Å². The van der Waals surface area contributed by atoms with Gasteiger partial charge < -0.3 is 10.6 Å². The fourth-order valence-corrected chi connectivity index (χ4v) is 4.05. The van der Waals surface area contributed by atoms with Gasteiger partial charge in [-0.1, -0.05) is 101 Å². The zero-order chi connectivity index (χ0) is 24.0. The van der Waals surface area contributed by atoms with Gasteiger partial charge in [0.1, 0.15) is 0 Å². The van der Waals surface area contributed by atoms with Crippen molar-refractivity contribution >= 4 is 28.8 Å². The lowest BCUT2D eigenvalue weighted by Gasteiger charge is -2.23. The van der Waals surface area contributed by atoms with E-state index in [0.29, 0.717) is 22.2 Å². The van der Waals surface area contributed by atoms with Gasteiger partial charge in [-0.2, -0.15) is 0 Å². The molecule has 172 valence electrons. The Morgan fingerprint density at radius 1 is 0.879 bits per heavy atom. The standard InChI is InChI=1S/C29H34N2OS/c1-20(2)18-26(21-10-7-6-8-11-21)31-28(33)30-25-13-9-12-23(19-25)27(32)22-14-16-24(17-15-22)29(3,4)5/h6-17,19-20,26H,18H2,1-5H3,(H2,30,31,33)/t26-/m0/s1. The molecule has 33 heavy (non-hydrogen) atoms. The van der Waals surface area contributed by atoms with Gasteiger partial charge in [0, 0.05) is 16.8 Å². The summed E-state index contributed by atoms with van der Waals surface area (Å²) in [5, 5.41) is 7.25. The lowest BCUT2D eigenvalue weighted by molar-refractivity contribution is 0.103. The van der Waals surface area contributed by atoms with Gasteiger partial charge in [-0.05, 0) is 53.2 Å². The molecule has 4 heteroatoms. The van der Waals surface area contributed by atoms with Crippen molar-refractivity contribution in [2.75, 3.05) is 5.32 Å². The van der Waals surface area contributed by atoms with Gasteiger partial charge in [0.25, 0.3) is 0 Å². The summed E-state index contributed by atoms with van der Waals surface area (Å²) >= 11 is 5.61. The normalized spacial score (nSPS) is 12.3. The van der Waals surface area contributed by atoms with Crippen LogP contribution in [0.5, 0.6) is 0 Å². The summed E-state index contributed by atoms with van der Waals surface area (Å²) in [7, 11) is 0. The third kappa shape index (κ3) is 7.00. The first-order chi connectivity index (χ1) is 15.6. The Kier molecular flexibility index (Phi) is 8.04. The molecule has 0 saturated carbocycles. The maximum Gasteiger partial charge on any atom is 0.193 e. The van der Waals surface area contributed by atoms with E-state index in [2.05, 4.69) is 57.4 Å². The van der Waals surface area contributed by atoms with E-state index in [0.717, 1.165) is 12.1 Å². The molecule has 3 aromatic carbocycles. The molecular weight excluding hydrogens is 424 g/mol. The number of benzene rings is 3. The number of ketones is 1. The van der Waals surface area contributed by atoms with E-state index in [1.807, 2.05) is 66.7 Å². The summed E-state index contributed by atoms with van der Waals surface area (Å²) in [6.07, 6.45) is 0.967. The van der Waals surface area contributed by atoms with Crippen molar-refractivity contribution in [2.24, 2.45) is 5.92 Å². The second-order valence-electron chi connectivity index (χ2n) is 9.93. The Morgan fingerprint density at radius 3 is 2.15 bits per heavy atom. The molecule has 0 saturated heterocycles. The van der Waals surface area contributed by atoms with Gasteiger partial charge in [0.15, 0.2) is 10.9 Å². The molecule has 0 aromatic heterocycles. The smallest absolute Gasteiger partial charge is 0.193 e. The number of carbonyl (C=O) groups is 1. The molecule has 0 aliphatic heterocycles. The number of hydrogen-bond donors (Lipinski definition) is 2. The van der Waals surface area contributed by atoms with Crippen molar-refractivity contribution in [1.82, 2.24) is 5.32 Å². The molecule has 0 unspecified atom stereocenters. The molecule has 0 fully saturated rings. The Morgan fingerprint density at radius 2 is 1.55 bits per heavy atom. The fourth-order valence-electron chi connectivity index (χ4n) is 3.79. The minimum Gasteiger partial charge on any atom is -0.356 e. The molecular formula is C29H34N2OS. The highest BCUT2D eigenvalue weighted by Crippen LogP contribution is 2.24. The minimum absolute atomic E-state index is 0.0000402. The van der Waals surface area contributed by atoms with Gasteiger partial charge in [-0.25, -0.2) is 0 Å². The lowest BCUT2D eigenvalue weighted by Crippen LogP contribution is -2.33. The monoisotopic (exact) mass is 458 g/mol. The van der Waals surface area contributed by atoms with Crippen molar-refractivity contribution in [3.8, 4) is 0 Å². The van der Waals surface area contributed by atoms with Gasteiger partial charge in [-0.15, -0.1) is 0 Å². The van der Waals surface area contributed by atoms with Gasteiger partial charge in [0.05, 0.1) is 6.04 Å². The van der Waals surface area contributed by atoms with E-state index < -0.39 is 0 Å². The average molecular weight is 459 g/mol. The largest absolute Gasteiger partial charge is 0.356 e. The molecule has 0 radical (unpaired) electrons. The zero-order valence-electron chi connectivity index (χ0n) is 20.2. The topological polar surface area (TPSA) is 41.1 Å². The third-order valence-corrected chi connectivity index (χ3v) is 5.83. The maximum absolute atomic E-state index is 13.1. The predicted molar refractivity (Wildman–Crippen MR) is 143 cm³/mol. The third-order valence-electron chi connectivity index (χ3n) is 5.61. The van der Waals surface area contributed by atoms with E-state index in [1.54, 1.807) is 0 Å². The molecule has 0 spiro atoms. The Bertz CT molecular complexity index is 1080. The number of nitrogens with one attached hydrogen (secondary N) is 2. The Balaban J connectivity index is 1.71. The highest BCUT2D eigenvalue weighted by Gasteiger charge is 2.17. The Hall–Kier alpha value is -2.98. The first-order valence-corrected chi connectivity index (χ1v) is 11.9. The van der Waals surface area contributed by atoms with Crippen molar-refractivity contribution < 1.29 is 4.79 Å². The van der Waals surface area contributed by atoms with Crippen LogP contribution < -0.4 is 10.6 Å². The number of hydrogen-bond acceptors (Lipinski definition) is 2. The molecule has 0 bridgehead atoms. The number of anilines is 1. The summed E-state index contributed by atoms with van der Waals surface area (Å²) in [5.41, 5.74) is 4.58. The summed E-state index contributed by atoms with van der Waals surface area (Å²) in [4.78, 5) is 13.1. The Labute approximate surface area is 203 Å². The molecule has 0 aliphatic rings. The fraction of sp³-hybridized carbons (Fsp3) is 0.310. The van der Waals surface area contributed by atoms with Crippen LogP contribution in [0.15, 0.2) is 78.9 Å². The zero-order valence-corrected chi connectivity index (χ0v) is 21.0. The van der Waals surface area contributed by atoms with Crippen LogP contribution in [0.3, 0.4) is 0 Å². The maximum atomic E-state index is 13.1. The molecule has 1 atom stereocenters. The molecule has 0 aliphatic carbocycles. The van der Waals surface area contributed by atoms with Crippen LogP contribution in [0.4, 0.5) is 5.69 Å². The minimum atomic E-state index is -0.0000402. The summed E-state index contributed by atoms with van der Waals surface area (Å²) < 4.78 is 0. The lowest BCUT2D eigenvalue weighted by atomic mass is 9.86. The summed E-state index contributed by atoms with van der Waals surface area (Å²) in [5.74, 6) is 0.524. The average Bonchev–Trinajstić information content (AvgIpc) is 2.78. The van der Waals surface area contributed by atoms with Crippen LogP contribution in [0.25, 0.3) is 0 Å². The predicted octanol–water partition coefficient (Wildman–Crippen LogP) is 7.29. The van der Waals surface area contributed by atoms with Crippen LogP contribution in [0, 0.1) is 5.92 Å². The van der Waals surface area contributed by atoms with Crippen LogP contribution in [0.2, 0.25) is 0 Å². The van der Waals surface area contributed by atoms with Crippen molar-refractivity contribution in [3.63, 3.8) is 0 Å². The number of carbonyl (C=O) groups excluding carboxylic acids is 1. The van der Waals surface area contributed by atoms with E-state index in [-0.39, 0.29) is 17.2 Å².